The van der Waals surface area contributed by atoms with Gasteiger partial charge in [0.15, 0.2) is 5.78 Å². The Balaban J connectivity index is 2.10. The first kappa shape index (κ1) is 21.6. The van der Waals surface area contributed by atoms with Crippen molar-refractivity contribution < 1.29 is 28.6 Å². The summed E-state index contributed by atoms with van der Waals surface area (Å²) < 4.78 is 14.8. The van der Waals surface area contributed by atoms with Gasteiger partial charge in [0, 0.05) is 17.5 Å². The summed E-state index contributed by atoms with van der Waals surface area (Å²) in [5, 5.41) is 0. The van der Waals surface area contributed by atoms with E-state index in [0.717, 1.165) is 56.1 Å². The van der Waals surface area contributed by atoms with E-state index < -0.39 is 29.1 Å². The molecule has 0 saturated heterocycles. The van der Waals surface area contributed by atoms with Crippen molar-refractivity contribution in [2.75, 3.05) is 21.3 Å². The van der Waals surface area contributed by atoms with Crippen LogP contribution in [-0.2, 0) is 29.3 Å². The van der Waals surface area contributed by atoms with E-state index in [0.29, 0.717) is 12.8 Å². The number of benzene rings is 1. The molecular formula is C23H27NO6. The van der Waals surface area contributed by atoms with Gasteiger partial charge in [-0.05, 0) is 36.6 Å². The number of ether oxygens (including phenoxy) is 3. The highest BCUT2D eigenvalue weighted by Crippen LogP contribution is 2.45. The monoisotopic (exact) mass is 413 g/mol. The van der Waals surface area contributed by atoms with Crippen LogP contribution in [0.2, 0.25) is 0 Å². The average molecular weight is 413 g/mol. The van der Waals surface area contributed by atoms with Gasteiger partial charge in [0.1, 0.15) is 5.75 Å². The summed E-state index contributed by atoms with van der Waals surface area (Å²) in [4.78, 5) is 41.7. The zero-order chi connectivity index (χ0) is 21.7. The number of esters is 2. The number of aromatic amines is 1. The highest BCUT2D eigenvalue weighted by Gasteiger charge is 2.51. The van der Waals surface area contributed by atoms with Gasteiger partial charge >= 0.3 is 11.9 Å². The predicted octanol–water partition coefficient (Wildman–Crippen LogP) is 3.42. The molecule has 0 bridgehead atoms. The molecule has 1 fully saturated rings. The molecule has 1 heterocycles. The molecule has 1 N–H and O–H groups in total. The highest BCUT2D eigenvalue weighted by atomic mass is 16.5. The Hall–Kier alpha value is -3.09. The van der Waals surface area contributed by atoms with Crippen molar-refractivity contribution >= 4 is 17.7 Å². The third kappa shape index (κ3) is 3.84. The number of hydrogen-bond acceptors (Lipinski definition) is 6. The molecule has 1 aliphatic carbocycles. The number of H-pyrrole nitrogens is 1. The third-order valence-corrected chi connectivity index (χ3v) is 5.94. The number of methoxy groups -OCH3 is 3. The maximum Gasteiger partial charge on any atom is 0.327 e. The molecule has 0 radical (unpaired) electrons. The lowest BCUT2D eigenvalue weighted by Crippen LogP contribution is -2.48. The summed E-state index contributed by atoms with van der Waals surface area (Å²) in [5.74, 6) is -3.14. The van der Waals surface area contributed by atoms with Crippen molar-refractivity contribution in [3.05, 3.63) is 42.2 Å². The van der Waals surface area contributed by atoms with E-state index in [1.807, 2.05) is 30.3 Å². The van der Waals surface area contributed by atoms with Gasteiger partial charge in [-0.3, -0.25) is 14.4 Å². The minimum Gasteiger partial charge on any atom is -0.497 e. The van der Waals surface area contributed by atoms with Gasteiger partial charge in [-0.25, -0.2) is 0 Å². The summed E-state index contributed by atoms with van der Waals surface area (Å²) in [7, 11) is 3.93. The third-order valence-electron chi connectivity index (χ3n) is 5.94. The maximum atomic E-state index is 13.8. The van der Waals surface area contributed by atoms with Crippen LogP contribution in [0.4, 0.5) is 0 Å². The molecule has 7 heteroatoms. The molecule has 1 aromatic heterocycles. The normalized spacial score (nSPS) is 15.5. The fourth-order valence-electron chi connectivity index (χ4n) is 4.37. The van der Waals surface area contributed by atoms with Gasteiger partial charge in [0.2, 0.25) is 5.92 Å². The van der Waals surface area contributed by atoms with Crippen LogP contribution in [0.25, 0.3) is 11.1 Å². The second kappa shape index (κ2) is 9.15. The molecule has 7 nitrogen and oxygen atoms in total. The molecule has 2 aromatic rings. The minimum atomic E-state index is -1.61. The second-order valence-electron chi connectivity index (χ2n) is 7.48. The number of hydrogen-bond donors (Lipinski definition) is 1. The van der Waals surface area contributed by atoms with Crippen LogP contribution in [-0.4, -0.2) is 44.0 Å². The number of aromatic nitrogens is 1. The van der Waals surface area contributed by atoms with Crippen LogP contribution in [0.15, 0.2) is 36.5 Å². The van der Waals surface area contributed by atoms with Crippen LogP contribution < -0.4 is 4.74 Å². The van der Waals surface area contributed by atoms with Gasteiger partial charge in [-0.15, -0.1) is 0 Å². The molecular weight excluding hydrogens is 386 g/mol. The average Bonchev–Trinajstić information content (AvgIpc) is 3.29. The summed E-state index contributed by atoms with van der Waals surface area (Å²) in [6, 6.07) is 9.46. The van der Waals surface area contributed by atoms with E-state index in [1.54, 1.807) is 13.3 Å². The van der Waals surface area contributed by atoms with E-state index in [9.17, 15) is 14.4 Å². The zero-order valence-electron chi connectivity index (χ0n) is 17.5. The van der Waals surface area contributed by atoms with Crippen molar-refractivity contribution in [2.45, 2.75) is 37.5 Å². The Kier molecular flexibility index (Phi) is 6.59. The topological polar surface area (TPSA) is 94.7 Å². The van der Waals surface area contributed by atoms with Crippen LogP contribution in [0.1, 0.15) is 37.8 Å². The van der Waals surface area contributed by atoms with Crippen LogP contribution >= 0.6 is 0 Å². The van der Waals surface area contributed by atoms with Gasteiger partial charge in [0.05, 0.1) is 26.7 Å². The smallest absolute Gasteiger partial charge is 0.327 e. The first-order valence-electron chi connectivity index (χ1n) is 10.0. The number of carbonyl (C=O) groups is 3. The van der Waals surface area contributed by atoms with E-state index >= 15 is 0 Å². The molecule has 160 valence electrons. The quantitative estimate of drug-likeness (QED) is 0.552. The first-order chi connectivity index (χ1) is 14.5. The lowest BCUT2D eigenvalue weighted by atomic mass is 9.65. The molecule has 1 saturated carbocycles. The van der Waals surface area contributed by atoms with Crippen molar-refractivity contribution in [3.63, 3.8) is 0 Å². The SMILES string of the molecule is COC(=O)C(C(=O)OC)C(=O)C1(c2[nH]ccc2-c2ccc(OC)cc2)CCCCC1. The number of rotatable bonds is 7. The number of carbonyl (C=O) groups excluding carboxylic acids is 3. The van der Waals surface area contributed by atoms with Crippen molar-refractivity contribution in [1.29, 1.82) is 0 Å². The molecule has 0 unspecified atom stereocenters. The Morgan fingerprint density at radius 1 is 0.900 bits per heavy atom. The Morgan fingerprint density at radius 2 is 1.50 bits per heavy atom. The molecule has 30 heavy (non-hydrogen) atoms. The van der Waals surface area contributed by atoms with Gasteiger partial charge in [0.25, 0.3) is 0 Å². The summed E-state index contributed by atoms with van der Waals surface area (Å²) in [5.41, 5.74) is 1.50. The minimum absolute atomic E-state index is 0.474. The van der Waals surface area contributed by atoms with E-state index in [2.05, 4.69) is 4.98 Å². The van der Waals surface area contributed by atoms with Crippen molar-refractivity contribution in [1.82, 2.24) is 4.98 Å². The van der Waals surface area contributed by atoms with E-state index in [-0.39, 0.29) is 0 Å². The summed E-state index contributed by atoms with van der Waals surface area (Å²) in [6.45, 7) is 0. The van der Waals surface area contributed by atoms with Gasteiger partial charge in [-0.1, -0.05) is 31.4 Å². The van der Waals surface area contributed by atoms with E-state index in [4.69, 9.17) is 14.2 Å². The molecule has 0 aliphatic heterocycles. The number of nitrogens with one attached hydrogen (secondary N) is 1. The standard InChI is InChI=1S/C23H27NO6/c1-28-16-9-7-15(8-10-16)17-11-14-24-19(17)23(12-5-4-6-13-23)20(25)18(21(26)29-2)22(27)30-3/h7-11,14,18,24H,4-6,12-13H2,1-3H3. The highest BCUT2D eigenvalue weighted by molar-refractivity contribution is 6.18. The molecule has 3 rings (SSSR count). The van der Waals surface area contributed by atoms with E-state index in [1.165, 1.54) is 0 Å². The number of ketones is 1. The van der Waals surface area contributed by atoms with Gasteiger partial charge < -0.3 is 19.2 Å². The van der Waals surface area contributed by atoms with Crippen molar-refractivity contribution in [2.24, 2.45) is 5.92 Å². The molecule has 0 atom stereocenters. The fourth-order valence-corrected chi connectivity index (χ4v) is 4.37. The summed E-state index contributed by atoms with van der Waals surface area (Å²) >= 11 is 0. The summed E-state index contributed by atoms with van der Waals surface area (Å²) in [6.07, 6.45) is 5.50. The lowest BCUT2D eigenvalue weighted by Gasteiger charge is -2.37. The van der Waals surface area contributed by atoms with Crippen LogP contribution in [0.3, 0.4) is 0 Å². The van der Waals surface area contributed by atoms with Gasteiger partial charge in [-0.2, -0.15) is 0 Å². The molecule has 1 aromatic carbocycles. The zero-order valence-corrected chi connectivity index (χ0v) is 17.5. The number of Topliss-reactive ketones (excluding diaryl/α,β-unsaturated/α-hetero) is 1. The molecule has 0 spiro atoms. The van der Waals surface area contributed by atoms with Crippen LogP contribution in [0.5, 0.6) is 5.75 Å². The van der Waals surface area contributed by atoms with Crippen molar-refractivity contribution in [3.8, 4) is 16.9 Å². The fraction of sp³-hybridized carbons (Fsp3) is 0.435. The predicted molar refractivity (Wildman–Crippen MR) is 110 cm³/mol. The molecule has 1 aliphatic rings. The Bertz CT molecular complexity index is 892. The Morgan fingerprint density at radius 3 is 2.03 bits per heavy atom. The maximum absolute atomic E-state index is 13.8. The molecule has 0 amide bonds. The largest absolute Gasteiger partial charge is 0.497 e. The second-order valence-corrected chi connectivity index (χ2v) is 7.48. The van der Waals surface area contributed by atoms with Crippen LogP contribution in [0, 0.1) is 5.92 Å². The first-order valence-corrected chi connectivity index (χ1v) is 10.0. The Labute approximate surface area is 175 Å². The lowest BCUT2D eigenvalue weighted by molar-refractivity contribution is -0.163.